The quantitative estimate of drug-likeness (QED) is 0.657. The van der Waals surface area contributed by atoms with Crippen molar-refractivity contribution >= 4 is 0 Å². The lowest BCUT2D eigenvalue weighted by molar-refractivity contribution is 0.247. The van der Waals surface area contributed by atoms with Gasteiger partial charge in [0.2, 0.25) is 0 Å². The van der Waals surface area contributed by atoms with Crippen molar-refractivity contribution in [2.24, 2.45) is 0 Å². The molecule has 0 radical (unpaired) electrons. The molecule has 0 spiro atoms. The number of nitriles is 1. The Morgan fingerprint density at radius 2 is 2.46 bits per heavy atom. The van der Waals surface area contributed by atoms with Crippen molar-refractivity contribution in [1.29, 1.82) is 5.26 Å². The monoisotopic (exact) mass is 181 g/mol. The van der Waals surface area contributed by atoms with Gasteiger partial charge in [0.05, 0.1) is 12.6 Å². The fourth-order valence-corrected chi connectivity index (χ4v) is 1.80. The maximum atomic E-state index is 8.42. The molecule has 0 aromatic heterocycles. The molecule has 0 aromatic carbocycles. The first-order chi connectivity index (χ1) is 6.27. The van der Waals surface area contributed by atoms with E-state index in [9.17, 15) is 0 Å². The van der Waals surface area contributed by atoms with E-state index in [4.69, 9.17) is 5.26 Å². The molecule has 0 saturated carbocycles. The Kier molecular flexibility index (Phi) is 4.20. The zero-order valence-corrected chi connectivity index (χ0v) is 8.58. The third-order valence-corrected chi connectivity index (χ3v) is 2.90. The fraction of sp³-hybridized carbons (Fsp3) is 0.900. The second-order valence-corrected chi connectivity index (χ2v) is 3.78. The van der Waals surface area contributed by atoms with E-state index in [1.54, 1.807) is 0 Å². The first-order valence-electron chi connectivity index (χ1n) is 5.12. The van der Waals surface area contributed by atoms with Crippen LogP contribution in [0.3, 0.4) is 0 Å². The minimum atomic E-state index is 0.485. The predicted molar refractivity (Wildman–Crippen MR) is 53.3 cm³/mol. The van der Waals surface area contributed by atoms with Crippen LogP contribution in [0.25, 0.3) is 0 Å². The van der Waals surface area contributed by atoms with E-state index in [2.05, 4.69) is 30.1 Å². The van der Waals surface area contributed by atoms with Gasteiger partial charge in [-0.1, -0.05) is 6.92 Å². The molecule has 1 aliphatic heterocycles. The van der Waals surface area contributed by atoms with Crippen molar-refractivity contribution in [3.8, 4) is 6.07 Å². The molecule has 1 heterocycles. The second kappa shape index (κ2) is 5.21. The summed E-state index contributed by atoms with van der Waals surface area (Å²) in [5.74, 6) is 0. The molecule has 3 heteroatoms. The predicted octanol–water partition coefficient (Wildman–Crippen LogP) is 0.972. The van der Waals surface area contributed by atoms with E-state index in [1.165, 1.54) is 19.4 Å². The Bertz CT molecular complexity index is 185. The molecular weight excluding hydrogens is 162 g/mol. The first-order valence-corrected chi connectivity index (χ1v) is 5.12. The van der Waals surface area contributed by atoms with Gasteiger partial charge in [-0.2, -0.15) is 5.26 Å². The molecule has 1 aliphatic rings. The maximum absolute atomic E-state index is 8.42. The molecule has 74 valence electrons. The van der Waals surface area contributed by atoms with Crippen LogP contribution < -0.4 is 5.32 Å². The van der Waals surface area contributed by atoms with Crippen LogP contribution in [0.2, 0.25) is 0 Å². The molecule has 0 amide bonds. The van der Waals surface area contributed by atoms with Gasteiger partial charge in [-0.05, 0) is 19.8 Å². The number of nitrogens with one attached hydrogen (secondary N) is 1. The van der Waals surface area contributed by atoms with Crippen molar-refractivity contribution in [2.75, 3.05) is 19.6 Å². The highest BCUT2D eigenvalue weighted by molar-refractivity contribution is 4.86. The van der Waals surface area contributed by atoms with Gasteiger partial charge >= 0.3 is 0 Å². The summed E-state index contributed by atoms with van der Waals surface area (Å²) >= 11 is 0. The van der Waals surface area contributed by atoms with Gasteiger partial charge < -0.3 is 5.32 Å². The Hall–Kier alpha value is -0.590. The van der Waals surface area contributed by atoms with Gasteiger partial charge in [-0.15, -0.1) is 0 Å². The van der Waals surface area contributed by atoms with Gasteiger partial charge in [0.1, 0.15) is 0 Å². The normalized spacial score (nSPS) is 25.8. The van der Waals surface area contributed by atoms with Crippen molar-refractivity contribution in [2.45, 2.75) is 38.8 Å². The van der Waals surface area contributed by atoms with Crippen molar-refractivity contribution in [3.63, 3.8) is 0 Å². The minimum absolute atomic E-state index is 0.485. The van der Waals surface area contributed by atoms with Gasteiger partial charge in [-0.25, -0.2) is 0 Å². The second-order valence-electron chi connectivity index (χ2n) is 3.78. The summed E-state index contributed by atoms with van der Waals surface area (Å²) in [6.45, 7) is 7.27. The number of nitrogens with zero attached hydrogens (tertiary/aromatic N) is 2. The molecule has 2 unspecified atom stereocenters. The third-order valence-electron chi connectivity index (χ3n) is 2.90. The van der Waals surface area contributed by atoms with Crippen LogP contribution in [0.15, 0.2) is 0 Å². The Morgan fingerprint density at radius 3 is 3.08 bits per heavy atom. The molecule has 13 heavy (non-hydrogen) atoms. The van der Waals surface area contributed by atoms with Crippen LogP contribution in [-0.4, -0.2) is 36.6 Å². The van der Waals surface area contributed by atoms with Crippen molar-refractivity contribution in [3.05, 3.63) is 0 Å². The summed E-state index contributed by atoms with van der Waals surface area (Å²) in [6, 6.07) is 3.35. The van der Waals surface area contributed by atoms with Crippen LogP contribution >= 0.6 is 0 Å². The van der Waals surface area contributed by atoms with Crippen LogP contribution in [0.1, 0.15) is 26.7 Å². The number of hydrogen-bond donors (Lipinski definition) is 1. The molecule has 1 rings (SSSR count). The molecule has 2 atom stereocenters. The van der Waals surface area contributed by atoms with Crippen LogP contribution in [0.4, 0.5) is 0 Å². The lowest BCUT2D eigenvalue weighted by Gasteiger charge is -2.22. The van der Waals surface area contributed by atoms with Crippen LogP contribution in [0.5, 0.6) is 0 Å². The van der Waals surface area contributed by atoms with E-state index in [0.29, 0.717) is 18.6 Å². The highest BCUT2D eigenvalue weighted by atomic mass is 15.2. The highest BCUT2D eigenvalue weighted by Crippen LogP contribution is 2.13. The van der Waals surface area contributed by atoms with Crippen molar-refractivity contribution < 1.29 is 0 Å². The van der Waals surface area contributed by atoms with E-state index in [0.717, 1.165) is 6.54 Å². The van der Waals surface area contributed by atoms with Gasteiger partial charge in [0, 0.05) is 25.2 Å². The van der Waals surface area contributed by atoms with E-state index < -0.39 is 0 Å². The number of likely N-dealkylation sites (tertiary alicyclic amines) is 1. The molecule has 0 bridgehead atoms. The SMILES string of the molecule is CCC(C)N1CCC(NCC#N)C1. The summed E-state index contributed by atoms with van der Waals surface area (Å²) < 4.78 is 0. The lowest BCUT2D eigenvalue weighted by Crippen LogP contribution is -2.36. The average Bonchev–Trinajstić information content (AvgIpc) is 2.62. The summed E-state index contributed by atoms with van der Waals surface area (Å²) in [7, 11) is 0. The molecule has 1 saturated heterocycles. The smallest absolute Gasteiger partial charge is 0.0843 e. The van der Waals surface area contributed by atoms with Gasteiger partial charge in [-0.3, -0.25) is 4.90 Å². The minimum Gasteiger partial charge on any atom is -0.300 e. The summed E-state index contributed by atoms with van der Waals surface area (Å²) in [5, 5.41) is 11.7. The highest BCUT2D eigenvalue weighted by Gasteiger charge is 2.24. The van der Waals surface area contributed by atoms with Crippen LogP contribution in [-0.2, 0) is 0 Å². The lowest BCUT2D eigenvalue weighted by atomic mass is 10.2. The van der Waals surface area contributed by atoms with E-state index in [1.807, 2.05) is 0 Å². The number of hydrogen-bond acceptors (Lipinski definition) is 3. The summed E-state index contributed by atoms with van der Waals surface area (Å²) in [5.41, 5.74) is 0. The average molecular weight is 181 g/mol. The van der Waals surface area contributed by atoms with Gasteiger partial charge in [0.25, 0.3) is 0 Å². The third kappa shape index (κ3) is 2.98. The standard InChI is InChI=1S/C10H19N3/c1-3-9(2)13-7-4-10(8-13)12-6-5-11/h9-10,12H,3-4,6-8H2,1-2H3. The van der Waals surface area contributed by atoms with Crippen molar-refractivity contribution in [1.82, 2.24) is 10.2 Å². The van der Waals surface area contributed by atoms with E-state index in [-0.39, 0.29) is 0 Å². The molecule has 1 fully saturated rings. The van der Waals surface area contributed by atoms with E-state index >= 15 is 0 Å². The summed E-state index contributed by atoms with van der Waals surface area (Å²) in [4.78, 5) is 2.50. The molecule has 0 aliphatic carbocycles. The Balaban J connectivity index is 2.24. The zero-order valence-electron chi connectivity index (χ0n) is 8.58. The maximum Gasteiger partial charge on any atom is 0.0843 e. The Morgan fingerprint density at radius 1 is 1.69 bits per heavy atom. The topological polar surface area (TPSA) is 39.1 Å². The Labute approximate surface area is 80.7 Å². The fourth-order valence-electron chi connectivity index (χ4n) is 1.80. The molecule has 3 nitrogen and oxygen atoms in total. The molecule has 1 N–H and O–H groups in total. The van der Waals surface area contributed by atoms with Crippen LogP contribution in [0, 0.1) is 11.3 Å². The number of rotatable bonds is 4. The largest absolute Gasteiger partial charge is 0.300 e. The summed E-state index contributed by atoms with van der Waals surface area (Å²) in [6.07, 6.45) is 2.40. The molecule has 0 aromatic rings. The molecular formula is C10H19N3. The first kappa shape index (κ1) is 10.5. The zero-order chi connectivity index (χ0) is 9.68. The van der Waals surface area contributed by atoms with Gasteiger partial charge in [0.15, 0.2) is 0 Å².